The minimum Gasteiger partial charge on any atom is -0.381 e. The van der Waals surface area contributed by atoms with Crippen molar-refractivity contribution in [2.45, 2.75) is 13.5 Å². The molecule has 0 fully saturated rings. The number of hydrogen-bond donors (Lipinski definition) is 3. The summed E-state index contributed by atoms with van der Waals surface area (Å²) in [5.74, 6) is -0.290. The van der Waals surface area contributed by atoms with Crippen LogP contribution >= 0.6 is 0 Å². The normalized spacial score (nSPS) is 11.2. The molecule has 0 saturated carbocycles. The molecule has 2 aromatic rings. The smallest absolute Gasteiger partial charge is 0.296 e. The van der Waals surface area contributed by atoms with Crippen molar-refractivity contribution in [1.82, 2.24) is 0 Å². The zero-order valence-electron chi connectivity index (χ0n) is 11.4. The first kappa shape index (κ1) is 15.3. The van der Waals surface area contributed by atoms with E-state index >= 15 is 0 Å². The molecule has 7 heteroatoms. The standard InChI is InChI=1S/C14H16FN3O2S/c1-10-5-6-12(15)7-11(10)9-17-13-3-2-4-14(8-13)18-21(16,19)20/h2-8,17-18H,9H2,1H3,(H2,16,19,20). The van der Waals surface area contributed by atoms with Crippen LogP contribution < -0.4 is 15.2 Å². The summed E-state index contributed by atoms with van der Waals surface area (Å²) >= 11 is 0. The van der Waals surface area contributed by atoms with Crippen molar-refractivity contribution in [1.29, 1.82) is 0 Å². The second-order valence-corrected chi connectivity index (χ2v) is 5.95. The van der Waals surface area contributed by atoms with Gasteiger partial charge < -0.3 is 5.32 Å². The van der Waals surface area contributed by atoms with Crippen molar-refractivity contribution in [2.24, 2.45) is 5.14 Å². The van der Waals surface area contributed by atoms with Crippen molar-refractivity contribution in [2.75, 3.05) is 10.0 Å². The van der Waals surface area contributed by atoms with Crippen molar-refractivity contribution >= 4 is 21.6 Å². The van der Waals surface area contributed by atoms with Crippen LogP contribution in [0.2, 0.25) is 0 Å². The average molecular weight is 309 g/mol. The minimum atomic E-state index is -3.80. The van der Waals surface area contributed by atoms with Gasteiger partial charge in [0.15, 0.2) is 0 Å². The van der Waals surface area contributed by atoms with Gasteiger partial charge in [-0.3, -0.25) is 4.72 Å². The Morgan fingerprint density at radius 2 is 1.86 bits per heavy atom. The van der Waals surface area contributed by atoms with Gasteiger partial charge in [0, 0.05) is 12.2 Å². The van der Waals surface area contributed by atoms with E-state index in [-0.39, 0.29) is 5.82 Å². The topological polar surface area (TPSA) is 84.2 Å². The van der Waals surface area contributed by atoms with Gasteiger partial charge in [-0.05, 0) is 48.4 Å². The highest BCUT2D eigenvalue weighted by atomic mass is 32.2. The fourth-order valence-corrected chi connectivity index (χ4v) is 2.34. The van der Waals surface area contributed by atoms with Crippen molar-refractivity contribution in [3.05, 3.63) is 59.4 Å². The van der Waals surface area contributed by atoms with Gasteiger partial charge in [-0.15, -0.1) is 0 Å². The number of halogens is 1. The minimum absolute atomic E-state index is 0.290. The maximum absolute atomic E-state index is 13.2. The molecule has 0 radical (unpaired) electrons. The summed E-state index contributed by atoms with van der Waals surface area (Å²) in [5, 5.41) is 8.03. The monoisotopic (exact) mass is 309 g/mol. The zero-order valence-corrected chi connectivity index (χ0v) is 12.2. The molecular formula is C14H16FN3O2S. The second kappa shape index (κ2) is 6.11. The lowest BCUT2D eigenvalue weighted by molar-refractivity contribution is 0.603. The molecule has 0 bridgehead atoms. The predicted molar refractivity (Wildman–Crippen MR) is 81.6 cm³/mol. The van der Waals surface area contributed by atoms with Gasteiger partial charge in [0.1, 0.15) is 5.82 Å². The summed E-state index contributed by atoms with van der Waals surface area (Å²) < 4.78 is 37.4. The van der Waals surface area contributed by atoms with Crippen LogP contribution in [-0.4, -0.2) is 8.42 Å². The summed E-state index contributed by atoms with van der Waals surface area (Å²) in [6, 6.07) is 11.3. The van der Waals surface area contributed by atoms with Crippen molar-refractivity contribution in [3.8, 4) is 0 Å². The molecule has 0 atom stereocenters. The Morgan fingerprint density at radius 3 is 2.57 bits per heavy atom. The Labute approximate surface area is 123 Å². The molecule has 0 aliphatic heterocycles. The van der Waals surface area contributed by atoms with E-state index in [0.29, 0.717) is 17.9 Å². The van der Waals surface area contributed by atoms with Crippen molar-refractivity contribution < 1.29 is 12.8 Å². The van der Waals surface area contributed by atoms with E-state index in [4.69, 9.17) is 5.14 Å². The fourth-order valence-electron chi connectivity index (χ4n) is 1.88. The van der Waals surface area contributed by atoms with E-state index in [0.717, 1.165) is 11.1 Å². The molecular weight excluding hydrogens is 293 g/mol. The Kier molecular flexibility index (Phi) is 4.44. The lowest BCUT2D eigenvalue weighted by atomic mass is 10.1. The fraction of sp³-hybridized carbons (Fsp3) is 0.143. The number of nitrogens with two attached hydrogens (primary N) is 1. The summed E-state index contributed by atoms with van der Waals surface area (Å²) in [6.07, 6.45) is 0. The first-order valence-corrected chi connectivity index (χ1v) is 7.77. The summed E-state index contributed by atoms with van der Waals surface area (Å²) in [7, 11) is -3.80. The first-order chi connectivity index (χ1) is 9.83. The molecule has 2 rings (SSSR count). The van der Waals surface area contributed by atoms with Gasteiger partial charge in [-0.2, -0.15) is 8.42 Å². The lowest BCUT2D eigenvalue weighted by Crippen LogP contribution is -2.21. The van der Waals surface area contributed by atoms with E-state index in [2.05, 4.69) is 10.0 Å². The zero-order chi connectivity index (χ0) is 15.5. The Bertz CT molecular complexity index is 748. The van der Waals surface area contributed by atoms with Crippen LogP contribution in [0.4, 0.5) is 15.8 Å². The third-order valence-corrected chi connectivity index (χ3v) is 3.44. The number of anilines is 2. The number of benzene rings is 2. The van der Waals surface area contributed by atoms with Gasteiger partial charge in [0.25, 0.3) is 10.2 Å². The summed E-state index contributed by atoms with van der Waals surface area (Å²) in [5.41, 5.74) is 2.87. The third kappa shape index (κ3) is 4.73. The maximum atomic E-state index is 13.2. The van der Waals surface area contributed by atoms with E-state index in [1.165, 1.54) is 12.1 Å². The number of nitrogens with one attached hydrogen (secondary N) is 2. The van der Waals surface area contributed by atoms with Gasteiger partial charge in [0.05, 0.1) is 5.69 Å². The predicted octanol–water partition coefficient (Wildman–Crippen LogP) is 2.36. The van der Waals surface area contributed by atoms with Crippen LogP contribution in [0.15, 0.2) is 42.5 Å². The molecule has 0 unspecified atom stereocenters. The highest BCUT2D eigenvalue weighted by molar-refractivity contribution is 7.90. The molecule has 4 N–H and O–H groups in total. The van der Waals surface area contributed by atoms with Crippen molar-refractivity contribution in [3.63, 3.8) is 0 Å². The molecule has 0 spiro atoms. The molecule has 0 aromatic heterocycles. The highest BCUT2D eigenvalue weighted by Gasteiger charge is 2.04. The van der Waals surface area contributed by atoms with Crippen LogP contribution in [0.25, 0.3) is 0 Å². The van der Waals surface area contributed by atoms with Crippen LogP contribution in [0, 0.1) is 12.7 Å². The van der Waals surface area contributed by atoms with Gasteiger partial charge in [-0.25, -0.2) is 9.53 Å². The Morgan fingerprint density at radius 1 is 1.14 bits per heavy atom. The van der Waals surface area contributed by atoms with E-state index in [9.17, 15) is 12.8 Å². The quantitative estimate of drug-likeness (QED) is 0.792. The van der Waals surface area contributed by atoms with Gasteiger partial charge >= 0.3 is 0 Å². The number of rotatable bonds is 5. The molecule has 0 amide bonds. The summed E-state index contributed by atoms with van der Waals surface area (Å²) in [6.45, 7) is 2.33. The highest BCUT2D eigenvalue weighted by Crippen LogP contribution is 2.18. The number of aryl methyl sites for hydroxylation is 1. The third-order valence-electron chi connectivity index (χ3n) is 2.92. The first-order valence-electron chi connectivity index (χ1n) is 6.23. The van der Waals surface area contributed by atoms with E-state index < -0.39 is 10.2 Å². The molecule has 112 valence electrons. The van der Waals surface area contributed by atoms with E-state index in [1.54, 1.807) is 30.3 Å². The number of hydrogen-bond acceptors (Lipinski definition) is 3. The molecule has 0 saturated heterocycles. The molecule has 0 aliphatic rings. The molecule has 0 aliphatic carbocycles. The van der Waals surface area contributed by atoms with Crippen LogP contribution in [0.5, 0.6) is 0 Å². The maximum Gasteiger partial charge on any atom is 0.296 e. The summed E-state index contributed by atoms with van der Waals surface area (Å²) in [4.78, 5) is 0. The SMILES string of the molecule is Cc1ccc(F)cc1CNc1cccc(NS(N)(=O)=O)c1. The Hall–Kier alpha value is -2.12. The molecule has 0 heterocycles. The second-order valence-electron chi connectivity index (χ2n) is 4.65. The molecule has 5 nitrogen and oxygen atoms in total. The molecule has 2 aromatic carbocycles. The van der Waals surface area contributed by atoms with Gasteiger partial charge in [0.2, 0.25) is 0 Å². The Balaban J connectivity index is 2.10. The van der Waals surface area contributed by atoms with Crippen LogP contribution in [0.1, 0.15) is 11.1 Å². The molecule has 21 heavy (non-hydrogen) atoms. The lowest BCUT2D eigenvalue weighted by Gasteiger charge is -2.11. The van der Waals surface area contributed by atoms with E-state index in [1.807, 2.05) is 6.92 Å². The van der Waals surface area contributed by atoms with Crippen LogP contribution in [0.3, 0.4) is 0 Å². The largest absolute Gasteiger partial charge is 0.381 e. The van der Waals surface area contributed by atoms with Crippen LogP contribution in [-0.2, 0) is 16.8 Å². The average Bonchev–Trinajstić information content (AvgIpc) is 2.38. The van der Waals surface area contributed by atoms with Gasteiger partial charge in [-0.1, -0.05) is 12.1 Å².